The zero-order valence-corrected chi connectivity index (χ0v) is 13.2. The van der Waals surface area contributed by atoms with Crippen molar-refractivity contribution >= 4 is 23.2 Å². The molecule has 0 aliphatic heterocycles. The van der Waals surface area contributed by atoms with E-state index in [2.05, 4.69) is 5.32 Å². The minimum atomic E-state index is -0.112. The molecule has 0 unspecified atom stereocenters. The van der Waals surface area contributed by atoms with Crippen molar-refractivity contribution in [3.8, 4) is 6.07 Å². The molecule has 0 saturated heterocycles. The maximum absolute atomic E-state index is 11.9. The molecule has 1 N–H and O–H groups in total. The summed E-state index contributed by atoms with van der Waals surface area (Å²) < 4.78 is 1.54. The predicted octanol–water partition coefficient (Wildman–Crippen LogP) is 3.18. The first-order valence-corrected chi connectivity index (χ1v) is 7.62. The van der Waals surface area contributed by atoms with Crippen LogP contribution in [0.4, 0.5) is 5.69 Å². The lowest BCUT2D eigenvalue weighted by molar-refractivity contribution is -0.116. The fraction of sp³-hybridized carbons (Fsp3) is 0.235. The van der Waals surface area contributed by atoms with E-state index in [-0.39, 0.29) is 11.5 Å². The third-order valence-electron chi connectivity index (χ3n) is 3.28. The van der Waals surface area contributed by atoms with Gasteiger partial charge in [-0.2, -0.15) is 5.26 Å². The Labute approximate surface area is 139 Å². The molecule has 0 aliphatic rings. The van der Waals surface area contributed by atoms with Crippen LogP contribution >= 0.6 is 11.6 Å². The van der Waals surface area contributed by atoms with Crippen LogP contribution in [-0.2, 0) is 11.3 Å². The molecule has 0 atom stereocenters. The van der Waals surface area contributed by atoms with E-state index in [0.29, 0.717) is 42.1 Å². The summed E-state index contributed by atoms with van der Waals surface area (Å²) in [6.07, 6.45) is 3.30. The molecular weight excluding hydrogens is 314 g/mol. The number of hydrogen-bond donors (Lipinski definition) is 1. The smallest absolute Gasteiger partial charge is 0.250 e. The first-order valence-electron chi connectivity index (χ1n) is 7.24. The van der Waals surface area contributed by atoms with Gasteiger partial charge in [0.2, 0.25) is 5.91 Å². The van der Waals surface area contributed by atoms with E-state index in [9.17, 15) is 9.59 Å². The Morgan fingerprint density at radius 1 is 1.26 bits per heavy atom. The number of nitrogens with one attached hydrogen (secondary N) is 1. The monoisotopic (exact) mass is 329 g/mol. The van der Waals surface area contributed by atoms with Crippen molar-refractivity contribution < 1.29 is 4.79 Å². The van der Waals surface area contributed by atoms with Crippen molar-refractivity contribution in [3.63, 3.8) is 0 Å². The van der Waals surface area contributed by atoms with E-state index in [1.807, 2.05) is 6.07 Å². The second-order valence-electron chi connectivity index (χ2n) is 5.08. The maximum Gasteiger partial charge on any atom is 0.250 e. The van der Waals surface area contributed by atoms with Gasteiger partial charge < -0.3 is 9.88 Å². The third-order valence-corrected chi connectivity index (χ3v) is 3.50. The fourth-order valence-corrected chi connectivity index (χ4v) is 2.32. The number of nitriles is 1. The summed E-state index contributed by atoms with van der Waals surface area (Å²) in [6, 6.07) is 11.8. The molecule has 1 aromatic heterocycles. The average Bonchev–Trinajstić information content (AvgIpc) is 2.54. The largest absolute Gasteiger partial charge is 0.326 e. The first-order chi connectivity index (χ1) is 11.1. The van der Waals surface area contributed by atoms with Crippen LogP contribution in [0.3, 0.4) is 0 Å². The fourth-order valence-electron chi connectivity index (χ4n) is 2.13. The number of amides is 1. The summed E-state index contributed by atoms with van der Waals surface area (Å²) in [4.78, 5) is 23.5. The highest BCUT2D eigenvalue weighted by Gasteiger charge is 2.04. The van der Waals surface area contributed by atoms with Gasteiger partial charge in [-0.15, -0.1) is 0 Å². The lowest BCUT2D eigenvalue weighted by Crippen LogP contribution is -2.18. The molecule has 0 saturated carbocycles. The SMILES string of the molecule is N#Cc1cccc(NC(=O)CCCCn2cc(Cl)ccc2=O)c1. The Morgan fingerprint density at radius 2 is 2.09 bits per heavy atom. The van der Waals surface area contributed by atoms with Crippen molar-refractivity contribution in [2.75, 3.05) is 5.32 Å². The van der Waals surface area contributed by atoms with Gasteiger partial charge in [0.1, 0.15) is 0 Å². The highest BCUT2D eigenvalue weighted by molar-refractivity contribution is 6.30. The normalized spacial score (nSPS) is 10.1. The molecule has 6 heteroatoms. The number of anilines is 1. The van der Waals surface area contributed by atoms with Crippen molar-refractivity contribution in [1.82, 2.24) is 4.57 Å². The minimum absolute atomic E-state index is 0.104. The van der Waals surface area contributed by atoms with Crippen LogP contribution in [0.25, 0.3) is 0 Å². The molecule has 0 spiro atoms. The van der Waals surface area contributed by atoms with Crippen LogP contribution in [0.5, 0.6) is 0 Å². The van der Waals surface area contributed by atoms with Crippen LogP contribution in [0, 0.1) is 11.3 Å². The van der Waals surface area contributed by atoms with E-state index >= 15 is 0 Å². The average molecular weight is 330 g/mol. The van der Waals surface area contributed by atoms with Gasteiger partial charge in [-0.05, 0) is 37.1 Å². The van der Waals surface area contributed by atoms with E-state index < -0.39 is 0 Å². The number of aromatic nitrogens is 1. The van der Waals surface area contributed by atoms with Crippen molar-refractivity contribution in [2.24, 2.45) is 0 Å². The van der Waals surface area contributed by atoms with E-state index in [4.69, 9.17) is 16.9 Å². The number of carbonyl (C=O) groups excluding carboxylic acids is 1. The van der Waals surface area contributed by atoms with Crippen LogP contribution in [0.1, 0.15) is 24.8 Å². The van der Waals surface area contributed by atoms with Crippen LogP contribution in [-0.4, -0.2) is 10.5 Å². The second-order valence-corrected chi connectivity index (χ2v) is 5.51. The number of unbranched alkanes of at least 4 members (excludes halogenated alkanes) is 1. The first kappa shape index (κ1) is 16.8. The van der Waals surface area contributed by atoms with Gasteiger partial charge in [-0.3, -0.25) is 9.59 Å². The van der Waals surface area contributed by atoms with Gasteiger partial charge in [0.25, 0.3) is 5.56 Å². The Hall–Kier alpha value is -2.58. The molecule has 2 rings (SSSR count). The summed E-state index contributed by atoms with van der Waals surface area (Å²) in [7, 11) is 0. The van der Waals surface area contributed by atoms with E-state index in [1.54, 1.807) is 36.5 Å². The number of hydrogen-bond acceptors (Lipinski definition) is 3. The Morgan fingerprint density at radius 3 is 2.87 bits per heavy atom. The van der Waals surface area contributed by atoms with Gasteiger partial charge in [0.15, 0.2) is 0 Å². The third kappa shape index (κ3) is 5.28. The van der Waals surface area contributed by atoms with Gasteiger partial charge in [0.05, 0.1) is 16.7 Å². The number of halogens is 1. The van der Waals surface area contributed by atoms with E-state index in [0.717, 1.165) is 0 Å². The molecule has 23 heavy (non-hydrogen) atoms. The number of carbonyl (C=O) groups is 1. The van der Waals surface area contributed by atoms with Crippen molar-refractivity contribution in [1.29, 1.82) is 5.26 Å². The maximum atomic E-state index is 11.9. The van der Waals surface area contributed by atoms with Gasteiger partial charge in [-0.25, -0.2) is 0 Å². The number of rotatable bonds is 6. The lowest BCUT2D eigenvalue weighted by atomic mass is 10.2. The van der Waals surface area contributed by atoms with E-state index in [1.165, 1.54) is 10.6 Å². The number of pyridine rings is 1. The minimum Gasteiger partial charge on any atom is -0.326 e. The molecule has 0 fully saturated rings. The summed E-state index contributed by atoms with van der Waals surface area (Å²) in [6.45, 7) is 0.524. The molecule has 0 bridgehead atoms. The molecule has 118 valence electrons. The van der Waals surface area contributed by atoms with Crippen LogP contribution in [0.15, 0.2) is 47.4 Å². The van der Waals surface area contributed by atoms with Gasteiger partial charge in [-0.1, -0.05) is 17.7 Å². The summed E-state index contributed by atoms with van der Waals surface area (Å²) in [5, 5.41) is 12.1. The highest BCUT2D eigenvalue weighted by Crippen LogP contribution is 2.11. The van der Waals surface area contributed by atoms with Gasteiger partial charge in [0, 0.05) is 30.9 Å². The molecule has 1 amide bonds. The van der Waals surface area contributed by atoms with Crippen molar-refractivity contribution in [2.45, 2.75) is 25.8 Å². The molecule has 1 heterocycles. The standard InChI is InChI=1S/C17H16ClN3O2/c18-14-7-8-17(23)21(12-14)9-2-1-6-16(22)20-15-5-3-4-13(10-15)11-19/h3-5,7-8,10,12H,1-2,6,9H2,(H,20,22). The van der Waals surface area contributed by atoms with Crippen molar-refractivity contribution in [3.05, 3.63) is 63.5 Å². The number of nitrogens with zero attached hydrogens (tertiary/aromatic N) is 2. The molecular formula is C17H16ClN3O2. The molecule has 5 nitrogen and oxygen atoms in total. The molecule has 0 radical (unpaired) electrons. The topological polar surface area (TPSA) is 74.9 Å². The number of aryl methyl sites for hydroxylation is 1. The predicted molar refractivity (Wildman–Crippen MR) is 89.3 cm³/mol. The van der Waals surface area contributed by atoms with Gasteiger partial charge >= 0.3 is 0 Å². The summed E-state index contributed by atoms with van der Waals surface area (Å²) in [5.74, 6) is -0.112. The Kier molecular flexibility index (Phi) is 5.95. The molecule has 2 aromatic rings. The number of benzene rings is 1. The summed E-state index contributed by atoms with van der Waals surface area (Å²) in [5.41, 5.74) is 1.01. The molecule has 1 aromatic carbocycles. The van der Waals surface area contributed by atoms with Crippen LogP contribution in [0.2, 0.25) is 5.02 Å². The zero-order chi connectivity index (χ0) is 16.7. The quantitative estimate of drug-likeness (QED) is 0.827. The molecule has 0 aliphatic carbocycles. The zero-order valence-electron chi connectivity index (χ0n) is 12.5. The Balaban J connectivity index is 1.78. The lowest BCUT2D eigenvalue weighted by Gasteiger charge is -2.07. The Bertz CT molecular complexity index is 793. The summed E-state index contributed by atoms with van der Waals surface area (Å²) >= 11 is 5.85. The van der Waals surface area contributed by atoms with Crippen LogP contribution < -0.4 is 10.9 Å². The second kappa shape index (κ2) is 8.16. The highest BCUT2D eigenvalue weighted by atomic mass is 35.5.